The minimum Gasteiger partial charge on any atom is -0.480 e. The summed E-state index contributed by atoms with van der Waals surface area (Å²) >= 11 is 0. The molecule has 1 aromatic rings. The lowest BCUT2D eigenvalue weighted by Gasteiger charge is -2.20. The molecule has 0 bridgehead atoms. The molecule has 1 unspecified atom stereocenters. The van der Waals surface area contributed by atoms with Crippen LogP contribution >= 0.6 is 9.39 Å². The van der Waals surface area contributed by atoms with Gasteiger partial charge in [-0.2, -0.15) is 0 Å². The molecule has 0 aliphatic rings. The highest BCUT2D eigenvalue weighted by atomic mass is 31.0. The number of hydrogen-bond donors (Lipinski definition) is 3. The molecule has 1 rings (SSSR count). The first-order valence-corrected chi connectivity index (χ1v) is 6.70. The number of nitrogens with one attached hydrogen (secondary N) is 2. The van der Waals surface area contributed by atoms with Gasteiger partial charge in [-0.25, -0.2) is 4.79 Å². The zero-order valence-electron chi connectivity index (χ0n) is 11.5. The minimum absolute atomic E-state index is 0.0937. The van der Waals surface area contributed by atoms with Crippen LogP contribution in [0.2, 0.25) is 0 Å². The molecular formula is C12H15N4O5P. The number of hydrogen-bond acceptors (Lipinski definition) is 5. The molecule has 1 aromatic heterocycles. The Bertz CT molecular complexity index is 717. The smallest absolute Gasteiger partial charge is 0.328 e. The highest BCUT2D eigenvalue weighted by Crippen LogP contribution is 1.94. The number of amides is 1. The van der Waals surface area contributed by atoms with Crippen molar-refractivity contribution in [2.24, 2.45) is 0 Å². The average molecular weight is 326 g/mol. The van der Waals surface area contributed by atoms with Crippen molar-refractivity contribution in [1.82, 2.24) is 19.5 Å². The molecule has 0 spiro atoms. The van der Waals surface area contributed by atoms with Crippen LogP contribution in [-0.4, -0.2) is 51.1 Å². The quantitative estimate of drug-likeness (QED) is 0.386. The summed E-state index contributed by atoms with van der Waals surface area (Å²) in [7, 11) is 2.23. The number of terminal acetylenes is 1. The van der Waals surface area contributed by atoms with E-state index >= 15 is 0 Å². The highest BCUT2D eigenvalue weighted by molar-refractivity contribution is 7.13. The summed E-state index contributed by atoms with van der Waals surface area (Å²) < 4.78 is 0.932. The monoisotopic (exact) mass is 326 g/mol. The average Bonchev–Trinajstić information content (AvgIpc) is 2.45. The fourth-order valence-electron chi connectivity index (χ4n) is 1.63. The maximum atomic E-state index is 12.1. The Labute approximate surface area is 127 Å². The van der Waals surface area contributed by atoms with Crippen molar-refractivity contribution < 1.29 is 14.7 Å². The molecule has 9 nitrogen and oxygen atoms in total. The number of nitrogens with zero attached hydrogens (tertiary/aromatic N) is 2. The largest absolute Gasteiger partial charge is 0.480 e. The van der Waals surface area contributed by atoms with Gasteiger partial charge in [0.05, 0.1) is 0 Å². The number of carbonyl (C=O) groups is 2. The standard InChI is InChI=1S/C12H15N4O5P/c1-2-8-5-16(12(21)14-11(8)20)6-9(17)15(4-3-13-22)7-10(18)19/h1,5,13H,3-4,6-7,22H2,(H,18,19)(H,14,20,21). The Morgan fingerprint density at radius 2 is 2.18 bits per heavy atom. The van der Waals surface area contributed by atoms with Gasteiger partial charge in [0.15, 0.2) is 0 Å². The Morgan fingerprint density at radius 3 is 2.73 bits per heavy atom. The third kappa shape index (κ3) is 4.84. The lowest BCUT2D eigenvalue weighted by Crippen LogP contribution is -2.43. The van der Waals surface area contributed by atoms with Gasteiger partial charge in [0.2, 0.25) is 5.91 Å². The summed E-state index contributed by atoms with van der Waals surface area (Å²) in [6.07, 6.45) is 6.21. The summed E-state index contributed by atoms with van der Waals surface area (Å²) in [6, 6.07) is 0. The number of aromatic amines is 1. The van der Waals surface area contributed by atoms with E-state index in [1.54, 1.807) is 0 Å². The molecule has 3 N–H and O–H groups in total. The zero-order chi connectivity index (χ0) is 16.7. The minimum atomic E-state index is -1.17. The Hall–Kier alpha value is -2.43. The van der Waals surface area contributed by atoms with E-state index in [0.29, 0.717) is 6.54 Å². The van der Waals surface area contributed by atoms with Crippen LogP contribution in [0.3, 0.4) is 0 Å². The fraction of sp³-hybridized carbons (Fsp3) is 0.333. The molecule has 0 radical (unpaired) electrons. The Kier molecular flexibility index (Phi) is 6.50. The van der Waals surface area contributed by atoms with Gasteiger partial charge in [-0.1, -0.05) is 15.3 Å². The van der Waals surface area contributed by atoms with Gasteiger partial charge in [-0.3, -0.25) is 29.0 Å². The van der Waals surface area contributed by atoms with Crippen molar-refractivity contribution in [3.63, 3.8) is 0 Å². The van der Waals surface area contributed by atoms with Gasteiger partial charge < -0.3 is 10.0 Å². The zero-order valence-corrected chi connectivity index (χ0v) is 12.7. The SMILES string of the molecule is C#Cc1cn(CC(=O)N(CCNP)CC(=O)O)c(=O)[nH]c1=O. The second-order valence-electron chi connectivity index (χ2n) is 4.24. The van der Waals surface area contributed by atoms with Crippen LogP contribution in [0, 0.1) is 12.3 Å². The summed E-state index contributed by atoms with van der Waals surface area (Å²) in [5, 5.41) is 11.5. The number of H-pyrrole nitrogens is 1. The summed E-state index contributed by atoms with van der Waals surface area (Å²) in [4.78, 5) is 48.9. The van der Waals surface area contributed by atoms with Crippen molar-refractivity contribution in [3.05, 3.63) is 32.6 Å². The normalized spacial score (nSPS) is 10.0. The maximum Gasteiger partial charge on any atom is 0.328 e. The number of carboxylic acid groups (broad SMARTS) is 1. The van der Waals surface area contributed by atoms with Crippen LogP contribution in [0.5, 0.6) is 0 Å². The van der Waals surface area contributed by atoms with E-state index in [-0.39, 0.29) is 12.1 Å². The van der Waals surface area contributed by atoms with Gasteiger partial charge in [0, 0.05) is 19.3 Å². The number of aliphatic carboxylic acids is 1. The van der Waals surface area contributed by atoms with Crippen molar-refractivity contribution in [2.75, 3.05) is 19.6 Å². The molecular weight excluding hydrogens is 311 g/mol. The maximum absolute atomic E-state index is 12.1. The van der Waals surface area contributed by atoms with E-state index < -0.39 is 36.2 Å². The lowest BCUT2D eigenvalue weighted by atomic mass is 10.3. The van der Waals surface area contributed by atoms with Crippen LogP contribution in [0.25, 0.3) is 0 Å². The molecule has 118 valence electrons. The third-order valence-electron chi connectivity index (χ3n) is 2.68. The molecule has 10 heteroatoms. The van der Waals surface area contributed by atoms with E-state index in [1.807, 2.05) is 4.98 Å². The second kappa shape index (κ2) is 8.12. The van der Waals surface area contributed by atoms with Gasteiger partial charge in [0.25, 0.3) is 5.56 Å². The first-order valence-electron chi connectivity index (χ1n) is 6.12. The Morgan fingerprint density at radius 1 is 1.50 bits per heavy atom. The molecule has 1 heterocycles. The van der Waals surface area contributed by atoms with E-state index in [1.165, 1.54) is 0 Å². The molecule has 0 aromatic carbocycles. The van der Waals surface area contributed by atoms with Crippen LogP contribution in [0.15, 0.2) is 15.8 Å². The van der Waals surface area contributed by atoms with E-state index in [0.717, 1.165) is 15.7 Å². The molecule has 0 saturated carbocycles. The topological polar surface area (TPSA) is 124 Å². The van der Waals surface area contributed by atoms with Gasteiger partial charge >= 0.3 is 11.7 Å². The molecule has 0 saturated heterocycles. The predicted octanol–water partition coefficient (Wildman–Crippen LogP) is -2.19. The van der Waals surface area contributed by atoms with Crippen LogP contribution < -0.4 is 16.3 Å². The van der Waals surface area contributed by atoms with E-state index in [2.05, 4.69) is 20.4 Å². The van der Waals surface area contributed by atoms with Crippen molar-refractivity contribution in [2.45, 2.75) is 6.54 Å². The summed E-state index contributed by atoms with van der Waals surface area (Å²) in [6.45, 7) is -0.408. The third-order valence-corrected chi connectivity index (χ3v) is 2.97. The summed E-state index contributed by atoms with van der Waals surface area (Å²) in [5.41, 5.74) is -1.61. The molecule has 0 aliphatic carbocycles. The molecule has 1 amide bonds. The van der Waals surface area contributed by atoms with Gasteiger partial charge in [0.1, 0.15) is 18.7 Å². The number of aromatic nitrogens is 2. The van der Waals surface area contributed by atoms with E-state index in [4.69, 9.17) is 11.5 Å². The first-order chi connectivity index (χ1) is 10.4. The van der Waals surface area contributed by atoms with Gasteiger partial charge in [-0.05, 0) is 0 Å². The molecule has 0 fully saturated rings. The molecule has 0 aliphatic heterocycles. The number of carboxylic acids is 1. The predicted molar refractivity (Wildman–Crippen MR) is 81.2 cm³/mol. The van der Waals surface area contributed by atoms with Crippen molar-refractivity contribution in [1.29, 1.82) is 0 Å². The molecule has 22 heavy (non-hydrogen) atoms. The van der Waals surface area contributed by atoms with Crippen LogP contribution in [0.4, 0.5) is 0 Å². The van der Waals surface area contributed by atoms with Crippen LogP contribution in [-0.2, 0) is 16.1 Å². The summed E-state index contributed by atoms with van der Waals surface area (Å²) in [5.74, 6) is 0.342. The lowest BCUT2D eigenvalue weighted by molar-refractivity contribution is -0.144. The van der Waals surface area contributed by atoms with Crippen molar-refractivity contribution >= 4 is 21.3 Å². The van der Waals surface area contributed by atoms with Crippen LogP contribution in [0.1, 0.15) is 5.56 Å². The Balaban J connectivity index is 2.98. The second-order valence-corrected chi connectivity index (χ2v) is 4.65. The number of carbonyl (C=O) groups excluding carboxylic acids is 1. The molecule has 1 atom stereocenters. The fourth-order valence-corrected chi connectivity index (χ4v) is 1.76. The van der Waals surface area contributed by atoms with Gasteiger partial charge in [-0.15, -0.1) is 6.42 Å². The first kappa shape index (κ1) is 17.6. The van der Waals surface area contributed by atoms with Crippen molar-refractivity contribution in [3.8, 4) is 12.3 Å². The highest BCUT2D eigenvalue weighted by Gasteiger charge is 2.17. The number of rotatable bonds is 7. The van der Waals surface area contributed by atoms with E-state index in [9.17, 15) is 19.2 Å².